The van der Waals surface area contributed by atoms with Crippen LogP contribution in [0.15, 0.2) is 0 Å². The zero-order chi connectivity index (χ0) is 12.0. The monoisotopic (exact) mass is 229 g/mol. The van der Waals surface area contributed by atoms with Crippen LogP contribution in [0.4, 0.5) is 0 Å². The zero-order valence-corrected chi connectivity index (χ0v) is 10.3. The standard InChI is InChI=1S/C11H23N3O2/c1-11(2)9-16-8-7-14(11)6-4-3-5-10(15)13-12/h3-9,12H2,1-2H3,(H,13,15). The molecule has 1 aliphatic heterocycles. The number of carbonyl (C=O) groups is 1. The van der Waals surface area contributed by atoms with Gasteiger partial charge in [-0.05, 0) is 33.2 Å². The topological polar surface area (TPSA) is 67.6 Å². The molecule has 16 heavy (non-hydrogen) atoms. The summed E-state index contributed by atoms with van der Waals surface area (Å²) in [6.45, 7) is 7.99. The van der Waals surface area contributed by atoms with E-state index in [4.69, 9.17) is 10.6 Å². The van der Waals surface area contributed by atoms with E-state index in [1.54, 1.807) is 0 Å². The molecule has 0 spiro atoms. The fraction of sp³-hybridized carbons (Fsp3) is 0.909. The Labute approximate surface area is 97.3 Å². The van der Waals surface area contributed by atoms with Crippen molar-refractivity contribution < 1.29 is 9.53 Å². The maximum atomic E-state index is 10.9. The Hall–Kier alpha value is -0.650. The molecule has 0 unspecified atom stereocenters. The second kappa shape index (κ2) is 6.18. The summed E-state index contributed by atoms with van der Waals surface area (Å²) in [6.07, 6.45) is 2.43. The molecule has 1 rings (SSSR count). The van der Waals surface area contributed by atoms with Crippen molar-refractivity contribution in [1.29, 1.82) is 0 Å². The molecule has 1 aliphatic rings. The molecule has 0 aromatic rings. The molecule has 0 aromatic heterocycles. The predicted octanol–water partition coefficient (Wildman–Crippen LogP) is 0.257. The third-order valence-electron chi connectivity index (χ3n) is 3.06. The van der Waals surface area contributed by atoms with Crippen LogP contribution in [-0.4, -0.2) is 42.6 Å². The molecule has 3 N–H and O–H groups in total. The molecule has 5 nitrogen and oxygen atoms in total. The molecule has 0 saturated carbocycles. The molecule has 1 heterocycles. The van der Waals surface area contributed by atoms with Gasteiger partial charge in [0, 0.05) is 18.5 Å². The van der Waals surface area contributed by atoms with Crippen LogP contribution in [0.25, 0.3) is 0 Å². The Balaban J connectivity index is 2.18. The van der Waals surface area contributed by atoms with E-state index in [1.807, 2.05) is 0 Å². The largest absolute Gasteiger partial charge is 0.378 e. The summed E-state index contributed by atoms with van der Waals surface area (Å²) in [4.78, 5) is 13.3. The highest BCUT2D eigenvalue weighted by atomic mass is 16.5. The first kappa shape index (κ1) is 13.4. The lowest BCUT2D eigenvalue weighted by Crippen LogP contribution is -2.53. The zero-order valence-electron chi connectivity index (χ0n) is 10.3. The van der Waals surface area contributed by atoms with Gasteiger partial charge >= 0.3 is 0 Å². The van der Waals surface area contributed by atoms with Gasteiger partial charge in [0.15, 0.2) is 0 Å². The van der Waals surface area contributed by atoms with E-state index in [2.05, 4.69) is 24.2 Å². The molecule has 0 aliphatic carbocycles. The van der Waals surface area contributed by atoms with Crippen LogP contribution < -0.4 is 11.3 Å². The van der Waals surface area contributed by atoms with Crippen molar-refractivity contribution in [3.05, 3.63) is 0 Å². The Bertz CT molecular complexity index is 231. The number of morpholine rings is 1. The smallest absolute Gasteiger partial charge is 0.233 e. The lowest BCUT2D eigenvalue weighted by Gasteiger charge is -2.42. The minimum absolute atomic E-state index is 0.0822. The number of ether oxygens (including phenoxy) is 1. The molecule has 1 amide bonds. The van der Waals surface area contributed by atoms with Gasteiger partial charge in [-0.25, -0.2) is 5.84 Å². The minimum Gasteiger partial charge on any atom is -0.378 e. The molecule has 0 aromatic carbocycles. The fourth-order valence-electron chi connectivity index (χ4n) is 1.97. The third-order valence-corrected chi connectivity index (χ3v) is 3.06. The first-order valence-corrected chi connectivity index (χ1v) is 5.88. The lowest BCUT2D eigenvalue weighted by atomic mass is 10.0. The third kappa shape index (κ3) is 4.08. The summed E-state index contributed by atoms with van der Waals surface area (Å²) in [6, 6.07) is 0. The van der Waals surface area contributed by atoms with Crippen LogP contribution in [0, 0.1) is 0 Å². The van der Waals surface area contributed by atoms with Crippen molar-refractivity contribution in [2.45, 2.75) is 38.6 Å². The number of hydrogen-bond acceptors (Lipinski definition) is 4. The van der Waals surface area contributed by atoms with E-state index in [0.29, 0.717) is 6.42 Å². The van der Waals surface area contributed by atoms with Crippen LogP contribution in [0.3, 0.4) is 0 Å². The van der Waals surface area contributed by atoms with Gasteiger partial charge in [-0.3, -0.25) is 15.1 Å². The van der Waals surface area contributed by atoms with Gasteiger partial charge in [-0.15, -0.1) is 0 Å². The van der Waals surface area contributed by atoms with Crippen LogP contribution in [-0.2, 0) is 9.53 Å². The number of nitrogens with one attached hydrogen (secondary N) is 1. The average molecular weight is 229 g/mol. The number of unbranched alkanes of at least 4 members (excludes halogenated alkanes) is 1. The Kier molecular flexibility index (Phi) is 5.18. The van der Waals surface area contributed by atoms with Crippen molar-refractivity contribution in [3.8, 4) is 0 Å². The van der Waals surface area contributed by atoms with Crippen molar-refractivity contribution in [3.63, 3.8) is 0 Å². The molecule has 1 fully saturated rings. The lowest BCUT2D eigenvalue weighted by molar-refractivity contribution is -0.121. The maximum absolute atomic E-state index is 10.9. The highest BCUT2D eigenvalue weighted by molar-refractivity contribution is 5.75. The Morgan fingerprint density at radius 1 is 1.50 bits per heavy atom. The molecule has 5 heteroatoms. The van der Waals surface area contributed by atoms with E-state index in [-0.39, 0.29) is 11.4 Å². The van der Waals surface area contributed by atoms with Gasteiger partial charge in [0.1, 0.15) is 0 Å². The van der Waals surface area contributed by atoms with Gasteiger partial charge < -0.3 is 4.74 Å². The second-order valence-corrected chi connectivity index (χ2v) is 4.88. The van der Waals surface area contributed by atoms with Crippen LogP contribution >= 0.6 is 0 Å². The van der Waals surface area contributed by atoms with Crippen LogP contribution in [0.1, 0.15) is 33.1 Å². The molecular formula is C11H23N3O2. The van der Waals surface area contributed by atoms with Gasteiger partial charge in [0.2, 0.25) is 5.91 Å². The maximum Gasteiger partial charge on any atom is 0.233 e. The molecular weight excluding hydrogens is 206 g/mol. The minimum atomic E-state index is -0.0822. The summed E-state index contributed by atoms with van der Waals surface area (Å²) in [5.74, 6) is 4.93. The van der Waals surface area contributed by atoms with Crippen LogP contribution in [0.2, 0.25) is 0 Å². The summed E-state index contributed by atoms with van der Waals surface area (Å²) in [7, 11) is 0. The highest BCUT2D eigenvalue weighted by Crippen LogP contribution is 2.19. The highest BCUT2D eigenvalue weighted by Gasteiger charge is 2.29. The predicted molar refractivity (Wildman–Crippen MR) is 62.7 cm³/mol. The van der Waals surface area contributed by atoms with E-state index in [0.717, 1.165) is 39.1 Å². The number of rotatable bonds is 5. The summed E-state index contributed by atoms with van der Waals surface area (Å²) in [5, 5.41) is 0. The first-order valence-electron chi connectivity index (χ1n) is 5.88. The first-order chi connectivity index (χ1) is 7.56. The molecule has 0 radical (unpaired) electrons. The van der Waals surface area contributed by atoms with Crippen molar-refractivity contribution in [2.24, 2.45) is 5.84 Å². The normalized spacial score (nSPS) is 20.7. The number of hydrazine groups is 1. The number of amides is 1. The van der Waals surface area contributed by atoms with Crippen molar-refractivity contribution in [2.75, 3.05) is 26.3 Å². The average Bonchev–Trinajstić information content (AvgIpc) is 2.25. The van der Waals surface area contributed by atoms with Gasteiger partial charge in [-0.1, -0.05) is 0 Å². The number of nitrogens with two attached hydrogens (primary N) is 1. The van der Waals surface area contributed by atoms with Gasteiger partial charge in [0.05, 0.1) is 13.2 Å². The second-order valence-electron chi connectivity index (χ2n) is 4.88. The summed E-state index contributed by atoms with van der Waals surface area (Å²) >= 11 is 0. The van der Waals surface area contributed by atoms with Crippen molar-refractivity contribution >= 4 is 5.91 Å². The fourth-order valence-corrected chi connectivity index (χ4v) is 1.97. The van der Waals surface area contributed by atoms with Gasteiger partial charge in [0.25, 0.3) is 0 Å². The molecule has 0 bridgehead atoms. The van der Waals surface area contributed by atoms with Crippen molar-refractivity contribution in [1.82, 2.24) is 10.3 Å². The summed E-state index contributed by atoms with van der Waals surface area (Å²) in [5.41, 5.74) is 2.27. The van der Waals surface area contributed by atoms with E-state index in [9.17, 15) is 4.79 Å². The number of nitrogens with zero attached hydrogens (tertiary/aromatic N) is 1. The quantitative estimate of drug-likeness (QED) is 0.307. The number of carbonyl (C=O) groups excluding carboxylic acids is 1. The number of hydrogen-bond donors (Lipinski definition) is 2. The molecule has 94 valence electrons. The molecule has 0 atom stereocenters. The van der Waals surface area contributed by atoms with E-state index >= 15 is 0 Å². The van der Waals surface area contributed by atoms with E-state index in [1.165, 1.54) is 0 Å². The summed E-state index contributed by atoms with van der Waals surface area (Å²) < 4.78 is 5.45. The SMILES string of the molecule is CC1(C)COCCN1CCCCC(=O)NN. The Morgan fingerprint density at radius 3 is 2.88 bits per heavy atom. The Morgan fingerprint density at radius 2 is 2.25 bits per heavy atom. The van der Waals surface area contributed by atoms with E-state index < -0.39 is 0 Å². The molecule has 1 saturated heterocycles. The van der Waals surface area contributed by atoms with Gasteiger partial charge in [-0.2, -0.15) is 0 Å². The van der Waals surface area contributed by atoms with Crippen LogP contribution in [0.5, 0.6) is 0 Å².